The molecule has 3 aromatic carbocycles. The Balaban J connectivity index is 1.23. The van der Waals surface area contributed by atoms with Crippen LogP contribution in [0.1, 0.15) is 44.6 Å². The van der Waals surface area contributed by atoms with Gasteiger partial charge in [0.2, 0.25) is 0 Å². The van der Waals surface area contributed by atoms with E-state index in [-0.39, 0.29) is 36.0 Å². The largest absolute Gasteiger partial charge is 0.345 e. The Morgan fingerprint density at radius 1 is 0.977 bits per heavy atom. The molecule has 0 bridgehead atoms. The second-order valence-electron chi connectivity index (χ2n) is 10.1. The van der Waals surface area contributed by atoms with Crippen LogP contribution in [0.5, 0.6) is 0 Å². The number of nitrogens with zero attached hydrogens (tertiary/aromatic N) is 5. The first-order valence-electron chi connectivity index (χ1n) is 13.7. The van der Waals surface area contributed by atoms with Crippen molar-refractivity contribution >= 4 is 40.6 Å². The van der Waals surface area contributed by atoms with Gasteiger partial charge < -0.3 is 5.32 Å². The molecular weight excluding hydrogens is 603 g/mol. The maximum atomic E-state index is 13.8. The van der Waals surface area contributed by atoms with E-state index in [1.54, 1.807) is 52.3 Å². The van der Waals surface area contributed by atoms with Crippen LogP contribution in [0, 0.1) is 18.6 Å². The molecule has 0 aliphatic carbocycles. The number of thiophene rings is 1. The molecule has 8 nitrogen and oxygen atoms in total. The van der Waals surface area contributed by atoms with Crippen LogP contribution >= 0.6 is 23.1 Å². The highest BCUT2D eigenvalue weighted by molar-refractivity contribution is 7.99. The van der Waals surface area contributed by atoms with Gasteiger partial charge >= 0.3 is 0 Å². The molecule has 44 heavy (non-hydrogen) atoms. The molecule has 12 heteroatoms. The first kappa shape index (κ1) is 29.4. The Morgan fingerprint density at radius 3 is 2.43 bits per heavy atom. The molecule has 0 saturated heterocycles. The van der Waals surface area contributed by atoms with E-state index in [0.29, 0.717) is 28.7 Å². The number of thioether (sulfide) groups is 1. The quantitative estimate of drug-likeness (QED) is 0.193. The van der Waals surface area contributed by atoms with Crippen molar-refractivity contribution in [3.05, 3.63) is 129 Å². The summed E-state index contributed by atoms with van der Waals surface area (Å²) in [5.41, 5.74) is 3.62. The number of carbonyl (C=O) groups excluding carboxylic acids is 2. The van der Waals surface area contributed by atoms with Gasteiger partial charge in [-0.1, -0.05) is 47.7 Å². The lowest BCUT2D eigenvalue weighted by Gasteiger charge is -2.22. The zero-order chi connectivity index (χ0) is 30.6. The molecule has 222 valence electrons. The van der Waals surface area contributed by atoms with Crippen molar-refractivity contribution in [1.29, 1.82) is 0 Å². The molecule has 2 aromatic heterocycles. The van der Waals surface area contributed by atoms with Crippen LogP contribution in [0.2, 0.25) is 0 Å². The van der Waals surface area contributed by atoms with Gasteiger partial charge in [0, 0.05) is 17.7 Å². The molecule has 1 aliphatic rings. The molecule has 0 spiro atoms. The van der Waals surface area contributed by atoms with Gasteiger partial charge in [0.25, 0.3) is 11.8 Å². The van der Waals surface area contributed by atoms with E-state index in [2.05, 4.69) is 20.6 Å². The zero-order valence-electron chi connectivity index (χ0n) is 23.5. The Kier molecular flexibility index (Phi) is 8.62. The Labute approximate surface area is 260 Å². The number of amides is 2. The van der Waals surface area contributed by atoms with Crippen LogP contribution in [-0.4, -0.2) is 43.1 Å². The SMILES string of the molecule is Cc1cccc(C(=O)NCc2nnc(SCC(=O)N3N=C(c4cccs4)C[C@@H]3c3ccc(F)cc3)n2-c2ccc(F)cc2)c1. The van der Waals surface area contributed by atoms with Gasteiger partial charge in [0.1, 0.15) is 11.6 Å². The normalized spacial score (nSPS) is 14.5. The van der Waals surface area contributed by atoms with E-state index in [1.807, 2.05) is 36.6 Å². The van der Waals surface area contributed by atoms with Crippen molar-refractivity contribution in [2.45, 2.75) is 31.1 Å². The van der Waals surface area contributed by atoms with Gasteiger partial charge in [0.05, 0.1) is 28.9 Å². The predicted octanol–water partition coefficient (Wildman–Crippen LogP) is 6.32. The van der Waals surface area contributed by atoms with Crippen molar-refractivity contribution in [2.75, 3.05) is 5.75 Å². The van der Waals surface area contributed by atoms with Gasteiger partial charge in [-0.2, -0.15) is 5.10 Å². The van der Waals surface area contributed by atoms with Crippen molar-refractivity contribution in [1.82, 2.24) is 25.1 Å². The summed E-state index contributed by atoms with van der Waals surface area (Å²) in [6.45, 7) is 1.96. The average molecular weight is 629 g/mol. The van der Waals surface area contributed by atoms with Crippen molar-refractivity contribution < 1.29 is 18.4 Å². The summed E-state index contributed by atoms with van der Waals surface area (Å²) in [5.74, 6) is -0.901. The molecule has 5 aromatic rings. The second kappa shape index (κ2) is 12.9. The molecule has 1 N–H and O–H groups in total. The van der Waals surface area contributed by atoms with Gasteiger partial charge in [-0.3, -0.25) is 14.2 Å². The molecule has 2 amide bonds. The standard InChI is InChI=1S/C32H26F2N6O2S2/c1-20-4-2-5-22(16-20)31(42)35-18-29-36-37-32(39(29)25-13-11-24(34)12-14-25)44-19-30(41)40-27(21-7-9-23(33)10-8-21)17-26(38-40)28-6-3-15-43-28/h2-16,27H,17-19H2,1H3,(H,35,42)/t27-/m1/s1. The fourth-order valence-corrected chi connectivity index (χ4v) is 6.42. The lowest BCUT2D eigenvalue weighted by Crippen LogP contribution is -2.28. The van der Waals surface area contributed by atoms with Gasteiger partial charge in [-0.05, 0) is 72.5 Å². The number of benzene rings is 3. The molecule has 1 atom stereocenters. The molecule has 1 aliphatic heterocycles. The fraction of sp³-hybridized carbons (Fsp3) is 0.156. The number of halogens is 2. The summed E-state index contributed by atoms with van der Waals surface area (Å²) >= 11 is 2.70. The first-order chi connectivity index (χ1) is 21.4. The minimum atomic E-state index is -0.402. The van der Waals surface area contributed by atoms with Crippen LogP contribution in [0.3, 0.4) is 0 Å². The van der Waals surface area contributed by atoms with E-state index in [4.69, 9.17) is 0 Å². The lowest BCUT2D eigenvalue weighted by molar-refractivity contribution is -0.130. The van der Waals surface area contributed by atoms with Gasteiger partial charge in [-0.15, -0.1) is 21.5 Å². The maximum absolute atomic E-state index is 13.8. The number of aryl methyl sites for hydroxylation is 1. The molecule has 0 fully saturated rings. The monoisotopic (exact) mass is 628 g/mol. The summed E-state index contributed by atoms with van der Waals surface area (Å²) in [7, 11) is 0. The highest BCUT2D eigenvalue weighted by Crippen LogP contribution is 2.35. The van der Waals surface area contributed by atoms with E-state index in [0.717, 1.165) is 33.5 Å². The highest BCUT2D eigenvalue weighted by Gasteiger charge is 2.33. The van der Waals surface area contributed by atoms with Crippen molar-refractivity contribution in [3.63, 3.8) is 0 Å². The number of hydrogen-bond acceptors (Lipinski definition) is 7. The summed E-state index contributed by atoms with van der Waals surface area (Å²) in [4.78, 5) is 27.4. The maximum Gasteiger partial charge on any atom is 0.253 e. The van der Waals surface area contributed by atoms with Crippen LogP contribution in [0.25, 0.3) is 5.69 Å². The third kappa shape index (κ3) is 6.46. The average Bonchev–Trinajstić information content (AvgIpc) is 3.80. The molecule has 0 saturated carbocycles. The number of carbonyl (C=O) groups is 2. The third-order valence-electron chi connectivity index (χ3n) is 7.02. The van der Waals surface area contributed by atoms with Gasteiger partial charge in [0.15, 0.2) is 11.0 Å². The smallest absolute Gasteiger partial charge is 0.253 e. The fourth-order valence-electron chi connectivity index (χ4n) is 4.87. The number of aromatic nitrogens is 3. The molecule has 0 unspecified atom stereocenters. The summed E-state index contributed by atoms with van der Waals surface area (Å²) in [6, 6.07) is 22.6. The van der Waals surface area contributed by atoms with E-state index >= 15 is 0 Å². The van der Waals surface area contributed by atoms with E-state index in [9.17, 15) is 18.4 Å². The number of hydrogen-bond donors (Lipinski definition) is 1. The molecule has 6 rings (SSSR count). The molecule has 3 heterocycles. The summed E-state index contributed by atoms with van der Waals surface area (Å²) in [6.07, 6.45) is 0.499. The Morgan fingerprint density at radius 2 is 1.73 bits per heavy atom. The lowest BCUT2D eigenvalue weighted by atomic mass is 10.0. The summed E-state index contributed by atoms with van der Waals surface area (Å²) in [5, 5.41) is 19.9. The van der Waals surface area contributed by atoms with Crippen LogP contribution in [0.4, 0.5) is 8.78 Å². The topological polar surface area (TPSA) is 92.5 Å². The predicted molar refractivity (Wildman–Crippen MR) is 166 cm³/mol. The number of hydrazone groups is 1. The Hall–Kier alpha value is -4.68. The van der Waals surface area contributed by atoms with Crippen molar-refractivity contribution in [2.24, 2.45) is 5.10 Å². The molecule has 0 radical (unpaired) electrons. The van der Waals surface area contributed by atoms with Crippen LogP contribution in [0.15, 0.2) is 101 Å². The van der Waals surface area contributed by atoms with Crippen molar-refractivity contribution in [3.8, 4) is 5.69 Å². The van der Waals surface area contributed by atoms with E-state index in [1.165, 1.54) is 29.3 Å². The first-order valence-corrected chi connectivity index (χ1v) is 15.6. The number of nitrogens with one attached hydrogen (secondary N) is 1. The zero-order valence-corrected chi connectivity index (χ0v) is 25.1. The van der Waals surface area contributed by atoms with Crippen LogP contribution in [-0.2, 0) is 11.3 Å². The minimum Gasteiger partial charge on any atom is -0.345 e. The molecular formula is C32H26F2N6O2S2. The number of rotatable bonds is 9. The van der Waals surface area contributed by atoms with Gasteiger partial charge in [-0.25, -0.2) is 13.8 Å². The minimum absolute atomic E-state index is 0.0199. The van der Waals surface area contributed by atoms with E-state index < -0.39 is 5.82 Å². The highest BCUT2D eigenvalue weighted by atomic mass is 32.2. The van der Waals surface area contributed by atoms with Crippen LogP contribution < -0.4 is 5.32 Å². The third-order valence-corrected chi connectivity index (χ3v) is 8.86. The second-order valence-corrected chi connectivity index (χ2v) is 12.0. The summed E-state index contributed by atoms with van der Waals surface area (Å²) < 4.78 is 29.1. The Bertz CT molecular complexity index is 1820.